The maximum atomic E-state index is 13.9. The molecule has 220 valence electrons. The van der Waals surface area contributed by atoms with Gasteiger partial charge in [-0.25, -0.2) is 4.90 Å². The number of fused-ring (bicyclic) bond motifs is 3. The maximum absolute atomic E-state index is 13.9. The second-order valence-electron chi connectivity index (χ2n) is 10.9. The van der Waals surface area contributed by atoms with Crippen molar-refractivity contribution in [2.75, 3.05) is 18.6 Å². The number of aromatic hydroxyl groups is 1. The molecule has 42 heavy (non-hydrogen) atoms. The molecule has 2 aromatic carbocycles. The average Bonchev–Trinajstić information content (AvgIpc) is 3.21. The number of rotatable bonds is 9. The van der Waals surface area contributed by atoms with E-state index in [1.54, 1.807) is 19.2 Å². The normalized spacial score (nSPS) is 24.2. The lowest BCUT2D eigenvalue weighted by atomic mass is 9.58. The number of phenolic OH excluding ortho intramolecular Hbond substituents is 1. The Labute approximate surface area is 252 Å². The van der Waals surface area contributed by atoms with Gasteiger partial charge in [-0.3, -0.25) is 19.7 Å². The summed E-state index contributed by atoms with van der Waals surface area (Å²) in [6.07, 6.45) is 3.81. The quantitative estimate of drug-likeness (QED) is 0.124. The number of nitro benzene ring substituents is 1. The van der Waals surface area contributed by atoms with Gasteiger partial charge in [0.05, 0.1) is 35.2 Å². The molecule has 2 fully saturated rings. The molecule has 2 saturated heterocycles. The fourth-order valence-electron chi connectivity index (χ4n) is 6.60. The largest absolute Gasteiger partial charge is 0.507 e. The molecule has 12 heteroatoms. The topological polar surface area (TPSA) is 139 Å². The van der Waals surface area contributed by atoms with Crippen LogP contribution in [0.5, 0.6) is 5.75 Å². The Morgan fingerprint density at radius 3 is 2.74 bits per heavy atom. The van der Waals surface area contributed by atoms with E-state index in [2.05, 4.69) is 15.9 Å². The Balaban J connectivity index is 1.45. The summed E-state index contributed by atoms with van der Waals surface area (Å²) in [5.74, 6) is -2.46. The van der Waals surface area contributed by atoms with Gasteiger partial charge in [-0.15, -0.1) is 0 Å². The summed E-state index contributed by atoms with van der Waals surface area (Å²) in [6, 6.07) is 10.8. The van der Waals surface area contributed by atoms with E-state index in [0.29, 0.717) is 24.8 Å². The number of methoxy groups -OCH3 is 1. The minimum absolute atomic E-state index is 0.157. The SMILES string of the molecule is CC/C(=C\c1cc(Br)ccc1O)CC[C@H]1OB(O)C[C@H]2C1=C(COC)C[C@H]1C(=O)N(c3cccc([N+](=O)[O-])c3)C(=O)[C@H]12. The van der Waals surface area contributed by atoms with E-state index >= 15 is 0 Å². The third-order valence-electron chi connectivity index (χ3n) is 8.46. The van der Waals surface area contributed by atoms with Crippen LogP contribution in [0.1, 0.15) is 38.2 Å². The molecule has 4 atom stereocenters. The van der Waals surface area contributed by atoms with Gasteiger partial charge in [-0.2, -0.15) is 0 Å². The van der Waals surface area contributed by atoms with E-state index in [9.17, 15) is 29.8 Å². The highest BCUT2D eigenvalue weighted by Crippen LogP contribution is 2.51. The van der Waals surface area contributed by atoms with Gasteiger partial charge < -0.3 is 19.5 Å². The first-order valence-electron chi connectivity index (χ1n) is 14.0. The fraction of sp³-hybridized carbons (Fsp3) is 0.400. The number of halogens is 1. The molecule has 0 radical (unpaired) electrons. The van der Waals surface area contributed by atoms with E-state index in [0.717, 1.165) is 32.5 Å². The first-order valence-corrected chi connectivity index (χ1v) is 14.8. The van der Waals surface area contributed by atoms with Crippen molar-refractivity contribution in [2.24, 2.45) is 17.8 Å². The van der Waals surface area contributed by atoms with E-state index in [1.807, 2.05) is 19.1 Å². The molecule has 2 heterocycles. The highest BCUT2D eigenvalue weighted by molar-refractivity contribution is 9.10. The lowest BCUT2D eigenvalue weighted by Crippen LogP contribution is -2.46. The number of anilines is 1. The molecule has 1 aliphatic carbocycles. The number of amides is 2. The van der Waals surface area contributed by atoms with Gasteiger partial charge in [0.25, 0.3) is 5.69 Å². The van der Waals surface area contributed by atoms with E-state index < -0.39 is 47.7 Å². The molecule has 0 saturated carbocycles. The zero-order valence-corrected chi connectivity index (χ0v) is 25.0. The number of carbonyl (C=O) groups excluding carboxylic acids is 2. The summed E-state index contributed by atoms with van der Waals surface area (Å²) in [4.78, 5) is 39.4. The Hall–Kier alpha value is -3.32. The highest BCUT2D eigenvalue weighted by Gasteiger charge is 2.57. The van der Waals surface area contributed by atoms with Crippen molar-refractivity contribution in [3.8, 4) is 5.75 Å². The molecular formula is C30H32BBrN2O8. The van der Waals surface area contributed by atoms with Crippen LogP contribution in [0.2, 0.25) is 6.32 Å². The smallest absolute Gasteiger partial charge is 0.455 e. The molecule has 2 aromatic rings. The van der Waals surface area contributed by atoms with Gasteiger partial charge in [0.15, 0.2) is 0 Å². The van der Waals surface area contributed by atoms with Crippen LogP contribution in [0, 0.1) is 27.9 Å². The van der Waals surface area contributed by atoms with Gasteiger partial charge >= 0.3 is 7.12 Å². The molecule has 0 spiro atoms. The van der Waals surface area contributed by atoms with Crippen LogP contribution >= 0.6 is 15.9 Å². The Morgan fingerprint density at radius 2 is 2.02 bits per heavy atom. The average molecular weight is 639 g/mol. The lowest BCUT2D eigenvalue weighted by molar-refractivity contribution is -0.384. The number of ether oxygens (including phenoxy) is 1. The van der Waals surface area contributed by atoms with Crippen molar-refractivity contribution in [1.29, 1.82) is 0 Å². The molecule has 2 N–H and O–H groups in total. The third kappa shape index (κ3) is 5.81. The monoisotopic (exact) mass is 638 g/mol. The van der Waals surface area contributed by atoms with Crippen LogP contribution in [0.15, 0.2) is 63.7 Å². The van der Waals surface area contributed by atoms with Gasteiger partial charge in [0.1, 0.15) is 5.75 Å². The molecule has 0 unspecified atom stereocenters. The number of hydrogen-bond acceptors (Lipinski definition) is 8. The molecule has 2 amide bonds. The first kappa shape index (κ1) is 30.2. The minimum Gasteiger partial charge on any atom is -0.507 e. The third-order valence-corrected chi connectivity index (χ3v) is 8.95. The number of carbonyl (C=O) groups is 2. The first-order chi connectivity index (χ1) is 20.1. The second kappa shape index (κ2) is 12.5. The summed E-state index contributed by atoms with van der Waals surface area (Å²) >= 11 is 3.45. The molecule has 0 aromatic heterocycles. The van der Waals surface area contributed by atoms with Crippen molar-refractivity contribution in [1.82, 2.24) is 0 Å². The van der Waals surface area contributed by atoms with Gasteiger partial charge in [-0.1, -0.05) is 40.6 Å². The summed E-state index contributed by atoms with van der Waals surface area (Å²) < 4.78 is 12.4. The zero-order chi connectivity index (χ0) is 30.1. The molecule has 0 bridgehead atoms. The van der Waals surface area contributed by atoms with Crippen LogP contribution in [-0.2, 0) is 19.0 Å². The van der Waals surface area contributed by atoms with Crippen molar-refractivity contribution in [3.63, 3.8) is 0 Å². The molecule has 10 nitrogen and oxygen atoms in total. The number of allylic oxidation sites excluding steroid dienone is 1. The standard InChI is InChI=1S/C30H32BBrN2O8/c1-3-17(11-18-12-20(32)8-9-25(18)35)7-10-26-27-19(16-41-2)13-23-28(24(27)15-31(38)42-26)30(37)33(29(23)36)21-5-4-6-22(14-21)34(39)40/h4-6,8-9,11-12,14,23-24,26,28,35,38H,3,7,10,13,15-16H2,1-2H3/b17-11+/t23-,24+,26-,28-/m1/s1. The lowest BCUT2D eigenvalue weighted by Gasteiger charge is -2.43. The summed E-state index contributed by atoms with van der Waals surface area (Å²) in [6.45, 7) is 2.29. The Bertz CT molecular complexity index is 1480. The van der Waals surface area contributed by atoms with E-state index in [4.69, 9.17) is 9.39 Å². The van der Waals surface area contributed by atoms with Gasteiger partial charge in [-0.05, 0) is 73.3 Å². The molecule has 2 aliphatic heterocycles. The van der Waals surface area contributed by atoms with Crippen molar-refractivity contribution in [3.05, 3.63) is 79.3 Å². The predicted molar refractivity (Wildman–Crippen MR) is 161 cm³/mol. The molecule has 3 aliphatic rings. The van der Waals surface area contributed by atoms with E-state index in [1.165, 1.54) is 24.3 Å². The second-order valence-corrected chi connectivity index (χ2v) is 11.9. The summed E-state index contributed by atoms with van der Waals surface area (Å²) in [5.41, 5.74) is 3.51. The highest BCUT2D eigenvalue weighted by atomic mass is 79.9. The number of phenols is 1. The predicted octanol–water partition coefficient (Wildman–Crippen LogP) is 5.28. The van der Waals surface area contributed by atoms with Crippen LogP contribution in [0.3, 0.4) is 0 Å². The van der Waals surface area contributed by atoms with Crippen molar-refractivity contribution >= 4 is 52.3 Å². The number of nitro groups is 1. The van der Waals surface area contributed by atoms with Crippen molar-refractivity contribution < 1.29 is 34.0 Å². The van der Waals surface area contributed by atoms with Crippen LogP contribution in [0.4, 0.5) is 11.4 Å². The number of imide groups is 1. The van der Waals surface area contributed by atoms with Gasteiger partial charge in [0, 0.05) is 29.3 Å². The summed E-state index contributed by atoms with van der Waals surface area (Å²) in [7, 11) is 0.450. The van der Waals surface area contributed by atoms with Crippen LogP contribution < -0.4 is 4.90 Å². The number of benzene rings is 2. The summed E-state index contributed by atoms with van der Waals surface area (Å²) in [5, 5.41) is 32.5. The van der Waals surface area contributed by atoms with Gasteiger partial charge in [0.2, 0.25) is 11.8 Å². The van der Waals surface area contributed by atoms with Crippen molar-refractivity contribution in [2.45, 2.75) is 45.0 Å². The molecular weight excluding hydrogens is 607 g/mol. The fourth-order valence-corrected chi connectivity index (χ4v) is 6.98. The maximum Gasteiger partial charge on any atom is 0.455 e. The van der Waals surface area contributed by atoms with Crippen LogP contribution in [-0.4, -0.2) is 53.8 Å². The minimum atomic E-state index is -1.12. The molecule has 5 rings (SSSR count). The number of hydrogen-bond donors (Lipinski definition) is 2. The van der Waals surface area contributed by atoms with E-state index in [-0.39, 0.29) is 30.1 Å². The number of nitrogens with zero attached hydrogens (tertiary/aromatic N) is 2. The Kier molecular flexibility index (Phi) is 8.98. The number of non-ortho nitro benzene ring substituents is 1. The zero-order valence-electron chi connectivity index (χ0n) is 23.4. The van der Waals surface area contributed by atoms with Crippen LogP contribution in [0.25, 0.3) is 6.08 Å². The Morgan fingerprint density at radius 1 is 1.24 bits per heavy atom.